The quantitative estimate of drug-likeness (QED) is 0.704. The first-order valence-electron chi connectivity index (χ1n) is 10.5. The predicted molar refractivity (Wildman–Crippen MR) is 127 cm³/mol. The predicted octanol–water partition coefficient (Wildman–Crippen LogP) is 2.89. The van der Waals surface area contributed by atoms with Crippen LogP contribution in [0.4, 0.5) is 5.95 Å². The van der Waals surface area contributed by atoms with Gasteiger partial charge in [-0.05, 0) is 56.5 Å². The maximum atomic E-state index is 13.3. The number of thiophene rings is 1. The van der Waals surface area contributed by atoms with E-state index in [1.54, 1.807) is 23.7 Å². The molecule has 0 unspecified atom stereocenters. The van der Waals surface area contributed by atoms with Crippen LogP contribution in [-0.4, -0.2) is 66.7 Å². The van der Waals surface area contributed by atoms with Gasteiger partial charge in [0, 0.05) is 43.4 Å². The van der Waals surface area contributed by atoms with E-state index in [0.29, 0.717) is 6.54 Å². The molecule has 2 aromatic heterocycles. The van der Waals surface area contributed by atoms with Crippen LogP contribution >= 0.6 is 36.2 Å². The maximum absolute atomic E-state index is 13.3. The van der Waals surface area contributed by atoms with E-state index in [-0.39, 0.29) is 36.3 Å². The van der Waals surface area contributed by atoms with Crippen molar-refractivity contribution in [1.82, 2.24) is 20.2 Å². The maximum Gasteiger partial charge on any atom is 0.264 e. The summed E-state index contributed by atoms with van der Waals surface area (Å²) in [6, 6.07) is 3.96. The lowest BCUT2D eigenvalue weighted by atomic mass is 9.86. The van der Waals surface area contributed by atoms with Gasteiger partial charge < -0.3 is 19.9 Å². The molecule has 3 aliphatic heterocycles. The van der Waals surface area contributed by atoms with E-state index in [4.69, 9.17) is 4.74 Å². The first-order chi connectivity index (χ1) is 14.3. The zero-order valence-corrected chi connectivity index (χ0v) is 19.9. The number of carbonyl (C=O) groups is 1. The number of hydrogen-bond donors (Lipinski definition) is 1. The highest BCUT2D eigenvalue weighted by Crippen LogP contribution is 2.44. The Hall–Kier alpha value is -1.45. The Bertz CT molecular complexity index is 876. The third-order valence-electron chi connectivity index (χ3n) is 6.21. The molecule has 0 radical (unpaired) electrons. The molecule has 0 aliphatic carbocycles. The van der Waals surface area contributed by atoms with E-state index in [2.05, 4.69) is 26.3 Å². The highest BCUT2D eigenvalue weighted by molar-refractivity contribution is 7.14. The van der Waals surface area contributed by atoms with Gasteiger partial charge in [0.15, 0.2) is 0 Å². The molecule has 5 rings (SSSR count). The number of nitrogens with one attached hydrogen (secondary N) is 1. The number of hydrogen-bond acceptors (Lipinski definition) is 7. The number of aromatic nitrogens is 2. The Morgan fingerprint density at radius 2 is 1.87 bits per heavy atom. The van der Waals surface area contributed by atoms with Gasteiger partial charge in [-0.2, -0.15) is 0 Å². The van der Waals surface area contributed by atoms with Gasteiger partial charge in [0.2, 0.25) is 5.95 Å². The second-order valence-electron chi connectivity index (χ2n) is 7.99. The Balaban J connectivity index is 0.00000136. The lowest BCUT2D eigenvalue weighted by Crippen LogP contribution is -2.44. The number of amides is 1. The van der Waals surface area contributed by atoms with Gasteiger partial charge in [0.25, 0.3) is 5.91 Å². The topological polar surface area (TPSA) is 70.6 Å². The van der Waals surface area contributed by atoms with Crippen molar-refractivity contribution in [2.45, 2.75) is 31.3 Å². The van der Waals surface area contributed by atoms with Gasteiger partial charge in [0.1, 0.15) is 5.60 Å². The van der Waals surface area contributed by atoms with Gasteiger partial charge in [-0.15, -0.1) is 36.2 Å². The summed E-state index contributed by atoms with van der Waals surface area (Å²) in [5, 5.41) is 3.43. The van der Waals surface area contributed by atoms with Gasteiger partial charge in [-0.25, -0.2) is 9.97 Å². The average molecular weight is 486 g/mol. The van der Waals surface area contributed by atoms with Crippen molar-refractivity contribution in [2.75, 3.05) is 50.8 Å². The molecule has 1 spiro atoms. The molecule has 170 valence electrons. The first-order valence-corrected chi connectivity index (χ1v) is 11.4. The molecule has 2 fully saturated rings. The van der Waals surface area contributed by atoms with E-state index in [9.17, 15) is 4.79 Å². The van der Waals surface area contributed by atoms with Crippen molar-refractivity contribution in [3.05, 3.63) is 39.8 Å². The average Bonchev–Trinajstić information content (AvgIpc) is 3.07. The summed E-state index contributed by atoms with van der Waals surface area (Å²) in [5.41, 5.74) is 1.14. The number of ether oxygens (including phenoxy) is 1. The second-order valence-corrected chi connectivity index (χ2v) is 9.04. The largest absolute Gasteiger partial charge is 0.369 e. The van der Waals surface area contributed by atoms with Crippen LogP contribution in [0.3, 0.4) is 0 Å². The molecule has 0 aromatic carbocycles. The fraction of sp³-hybridized carbons (Fsp3) is 0.571. The van der Waals surface area contributed by atoms with E-state index < -0.39 is 0 Å². The summed E-state index contributed by atoms with van der Waals surface area (Å²) in [7, 11) is 0. The number of halogens is 2. The van der Waals surface area contributed by atoms with Crippen LogP contribution in [0.25, 0.3) is 0 Å². The highest BCUT2D eigenvalue weighted by atomic mass is 35.5. The molecule has 1 N–H and O–H groups in total. The number of nitrogens with zero attached hydrogens (tertiary/aromatic N) is 4. The number of piperidine rings is 1. The Morgan fingerprint density at radius 3 is 2.65 bits per heavy atom. The van der Waals surface area contributed by atoms with Crippen molar-refractivity contribution < 1.29 is 9.53 Å². The summed E-state index contributed by atoms with van der Waals surface area (Å²) >= 11 is 1.66. The lowest BCUT2D eigenvalue weighted by molar-refractivity contribution is -0.0771. The Morgan fingerprint density at radius 1 is 1.10 bits per heavy atom. The van der Waals surface area contributed by atoms with Crippen LogP contribution < -0.4 is 10.2 Å². The molecule has 31 heavy (non-hydrogen) atoms. The molecule has 10 heteroatoms. The molecule has 7 nitrogen and oxygen atoms in total. The summed E-state index contributed by atoms with van der Waals surface area (Å²) < 4.78 is 6.28. The first kappa shape index (κ1) is 24.2. The fourth-order valence-electron chi connectivity index (χ4n) is 4.66. The fourth-order valence-corrected chi connectivity index (χ4v) is 6.04. The highest BCUT2D eigenvalue weighted by Gasteiger charge is 2.41. The normalized spacial score (nSPS) is 20.3. The number of carbonyl (C=O) groups excluding carboxylic acids is 1. The van der Waals surface area contributed by atoms with Gasteiger partial charge >= 0.3 is 0 Å². The molecule has 5 heterocycles. The zero-order valence-electron chi connectivity index (χ0n) is 17.4. The SMILES string of the molecule is Cl.Cl.O=C(c1cc2c(s1)C1(CCNCC1)OCC2)N1CCCN(c2ncccn2)CC1. The number of anilines is 1. The standard InChI is InChI=1S/C21H27N5O2S.2ClH/c27-19(25-10-2-11-26(13-12-25)20-23-6-1-7-24-20)17-15-16-3-14-28-21(18(16)29-17)4-8-22-9-5-21;;/h1,6-7,15,22H,2-5,8-14H2;2*1H. The lowest BCUT2D eigenvalue weighted by Gasteiger charge is -2.40. The van der Waals surface area contributed by atoms with Crippen molar-refractivity contribution in [3.8, 4) is 0 Å². The summed E-state index contributed by atoms with van der Waals surface area (Å²) in [6.07, 6.45) is 7.35. The van der Waals surface area contributed by atoms with Crippen molar-refractivity contribution in [1.29, 1.82) is 0 Å². The third-order valence-corrected chi connectivity index (χ3v) is 7.56. The minimum atomic E-state index is -0.178. The molecule has 0 bridgehead atoms. The van der Waals surface area contributed by atoms with Crippen molar-refractivity contribution in [3.63, 3.8) is 0 Å². The van der Waals surface area contributed by atoms with Crippen LogP contribution in [-0.2, 0) is 16.8 Å². The molecule has 1 amide bonds. The minimum absolute atomic E-state index is 0. The van der Waals surface area contributed by atoms with E-state index >= 15 is 0 Å². The summed E-state index contributed by atoms with van der Waals surface area (Å²) in [4.78, 5) is 28.4. The Labute approximate surface area is 199 Å². The third kappa shape index (κ3) is 4.83. The molecule has 0 atom stereocenters. The molecule has 2 saturated heterocycles. The zero-order chi connectivity index (χ0) is 19.7. The van der Waals surface area contributed by atoms with E-state index in [1.165, 1.54) is 10.4 Å². The number of fused-ring (bicyclic) bond motifs is 2. The number of rotatable bonds is 2. The monoisotopic (exact) mass is 485 g/mol. The summed E-state index contributed by atoms with van der Waals surface area (Å²) in [6.45, 7) is 5.82. The van der Waals surface area contributed by atoms with Crippen LogP contribution in [0.5, 0.6) is 0 Å². The molecular formula is C21H29Cl2N5O2S. The van der Waals surface area contributed by atoms with Crippen LogP contribution in [0, 0.1) is 0 Å². The molecule has 2 aromatic rings. The van der Waals surface area contributed by atoms with Gasteiger partial charge in [0.05, 0.1) is 11.5 Å². The summed E-state index contributed by atoms with van der Waals surface area (Å²) in [5.74, 6) is 0.905. The van der Waals surface area contributed by atoms with Crippen molar-refractivity contribution in [2.24, 2.45) is 0 Å². The Kier molecular flexibility index (Phi) is 8.15. The molecule has 3 aliphatic rings. The van der Waals surface area contributed by atoms with E-state index in [1.807, 2.05) is 11.0 Å². The van der Waals surface area contributed by atoms with Crippen LogP contribution in [0.1, 0.15) is 39.4 Å². The minimum Gasteiger partial charge on any atom is -0.369 e. The molecular weight excluding hydrogens is 457 g/mol. The second kappa shape index (κ2) is 10.4. The van der Waals surface area contributed by atoms with Crippen LogP contribution in [0.15, 0.2) is 24.5 Å². The van der Waals surface area contributed by atoms with E-state index in [0.717, 1.165) is 75.8 Å². The molecule has 0 saturated carbocycles. The van der Waals surface area contributed by atoms with Crippen LogP contribution in [0.2, 0.25) is 0 Å². The van der Waals surface area contributed by atoms with Gasteiger partial charge in [-0.3, -0.25) is 4.79 Å². The van der Waals surface area contributed by atoms with Crippen molar-refractivity contribution >= 4 is 48.0 Å². The smallest absolute Gasteiger partial charge is 0.264 e. The van der Waals surface area contributed by atoms with Gasteiger partial charge in [-0.1, -0.05) is 0 Å².